The minimum Gasteiger partial charge on any atom is -0.480 e. The van der Waals surface area contributed by atoms with Gasteiger partial charge in [-0.2, -0.15) is 11.8 Å². The molecule has 1 rings (SSSR count). The molecule has 0 aromatic carbocycles. The van der Waals surface area contributed by atoms with Crippen LogP contribution in [-0.4, -0.2) is 54.4 Å². The highest BCUT2D eigenvalue weighted by Gasteiger charge is 2.29. The maximum atomic E-state index is 11.8. The number of carbonyl (C=O) groups is 2. The third kappa shape index (κ3) is 5.28. The highest BCUT2D eigenvalue weighted by atomic mass is 32.2. The van der Waals surface area contributed by atoms with Gasteiger partial charge in [0, 0.05) is 7.11 Å². The number of nitrogens with one attached hydrogen (secondary N) is 2. The zero-order valence-corrected chi connectivity index (χ0v) is 12.2. The van der Waals surface area contributed by atoms with Crippen molar-refractivity contribution in [2.24, 2.45) is 0 Å². The largest absolute Gasteiger partial charge is 0.480 e. The number of thioether (sulfide) groups is 1. The van der Waals surface area contributed by atoms with Crippen molar-refractivity contribution in [3.05, 3.63) is 0 Å². The zero-order valence-electron chi connectivity index (χ0n) is 11.3. The van der Waals surface area contributed by atoms with Crippen LogP contribution in [0.3, 0.4) is 0 Å². The lowest BCUT2D eigenvalue weighted by molar-refractivity contribution is -0.139. The van der Waals surface area contributed by atoms with Gasteiger partial charge in [0.2, 0.25) is 0 Å². The van der Waals surface area contributed by atoms with E-state index in [9.17, 15) is 9.59 Å². The predicted molar refractivity (Wildman–Crippen MR) is 74.5 cm³/mol. The molecule has 0 saturated heterocycles. The molecule has 19 heavy (non-hydrogen) atoms. The van der Waals surface area contributed by atoms with Crippen molar-refractivity contribution in [2.45, 2.75) is 43.9 Å². The standard InChI is InChI=1S/C12H22N2O4S/c1-18-10-5-3-4-8(10)13-12(17)14-9(11(15)16)6-7-19-2/h8-10H,3-7H2,1-2H3,(H,15,16)(H2,13,14,17)/t8?,9-,10?/m0/s1. The lowest BCUT2D eigenvalue weighted by atomic mass is 10.2. The number of carbonyl (C=O) groups excluding carboxylic acids is 1. The monoisotopic (exact) mass is 290 g/mol. The average molecular weight is 290 g/mol. The van der Waals surface area contributed by atoms with Crippen LogP contribution in [0.4, 0.5) is 4.79 Å². The minimum atomic E-state index is -1.00. The first kappa shape index (κ1) is 16.1. The summed E-state index contributed by atoms with van der Waals surface area (Å²) in [6.45, 7) is 0. The quantitative estimate of drug-likeness (QED) is 0.652. The van der Waals surface area contributed by atoms with Gasteiger partial charge in [0.1, 0.15) is 6.04 Å². The Kier molecular flexibility index (Phi) is 7.01. The van der Waals surface area contributed by atoms with Crippen LogP contribution in [0, 0.1) is 0 Å². The van der Waals surface area contributed by atoms with Gasteiger partial charge in [-0.1, -0.05) is 0 Å². The van der Waals surface area contributed by atoms with E-state index in [0.29, 0.717) is 12.2 Å². The Morgan fingerprint density at radius 1 is 1.47 bits per heavy atom. The van der Waals surface area contributed by atoms with E-state index in [0.717, 1.165) is 19.3 Å². The van der Waals surface area contributed by atoms with Crippen LogP contribution >= 0.6 is 11.8 Å². The first-order valence-corrected chi connectivity index (χ1v) is 7.79. The maximum absolute atomic E-state index is 11.8. The number of rotatable bonds is 7. The van der Waals surface area contributed by atoms with E-state index in [1.807, 2.05) is 6.26 Å². The summed E-state index contributed by atoms with van der Waals surface area (Å²) in [5.41, 5.74) is 0. The molecule has 1 aliphatic rings. The zero-order chi connectivity index (χ0) is 14.3. The lowest BCUT2D eigenvalue weighted by Gasteiger charge is -2.21. The number of ether oxygens (including phenoxy) is 1. The lowest BCUT2D eigenvalue weighted by Crippen LogP contribution is -2.51. The predicted octanol–water partition coefficient (Wildman–Crippen LogP) is 1.06. The Morgan fingerprint density at radius 3 is 2.79 bits per heavy atom. The number of urea groups is 1. The van der Waals surface area contributed by atoms with Crippen molar-refractivity contribution in [1.82, 2.24) is 10.6 Å². The van der Waals surface area contributed by atoms with Crippen LogP contribution in [0.5, 0.6) is 0 Å². The Bertz CT molecular complexity index is 314. The van der Waals surface area contributed by atoms with Gasteiger partial charge in [-0.25, -0.2) is 9.59 Å². The van der Waals surface area contributed by atoms with E-state index >= 15 is 0 Å². The third-order valence-corrected chi connectivity index (χ3v) is 3.93. The molecular formula is C12H22N2O4S. The Labute approximate surface area is 117 Å². The molecule has 0 bridgehead atoms. The second-order valence-electron chi connectivity index (χ2n) is 4.60. The SMILES string of the molecule is COC1CCCC1NC(=O)N[C@@H](CCSC)C(=O)O. The molecule has 7 heteroatoms. The van der Waals surface area contributed by atoms with Crippen molar-refractivity contribution in [1.29, 1.82) is 0 Å². The Hall–Kier alpha value is -0.950. The molecule has 0 heterocycles. The summed E-state index contributed by atoms with van der Waals surface area (Å²) in [6, 6.07) is -1.29. The van der Waals surface area contributed by atoms with Gasteiger partial charge in [0.25, 0.3) is 0 Å². The number of carboxylic acid groups (broad SMARTS) is 1. The second-order valence-corrected chi connectivity index (χ2v) is 5.59. The minimum absolute atomic E-state index is 0.0278. The van der Waals surface area contributed by atoms with Gasteiger partial charge in [-0.15, -0.1) is 0 Å². The van der Waals surface area contributed by atoms with E-state index in [1.165, 1.54) is 0 Å². The van der Waals surface area contributed by atoms with Crippen LogP contribution in [0.1, 0.15) is 25.7 Å². The molecular weight excluding hydrogens is 268 g/mol. The van der Waals surface area contributed by atoms with E-state index in [-0.39, 0.29) is 12.1 Å². The smallest absolute Gasteiger partial charge is 0.326 e. The van der Waals surface area contributed by atoms with Crippen molar-refractivity contribution in [2.75, 3.05) is 19.1 Å². The molecule has 1 fully saturated rings. The van der Waals surface area contributed by atoms with Crippen molar-refractivity contribution < 1.29 is 19.4 Å². The second kappa shape index (κ2) is 8.27. The fourth-order valence-corrected chi connectivity index (χ4v) is 2.71. The molecule has 110 valence electrons. The Morgan fingerprint density at radius 2 is 2.21 bits per heavy atom. The Balaban J connectivity index is 2.41. The van der Waals surface area contributed by atoms with E-state index in [4.69, 9.17) is 9.84 Å². The van der Waals surface area contributed by atoms with Crippen LogP contribution in [0.25, 0.3) is 0 Å². The molecule has 2 unspecified atom stereocenters. The number of hydrogen-bond acceptors (Lipinski definition) is 4. The molecule has 0 spiro atoms. The van der Waals surface area contributed by atoms with Crippen LogP contribution < -0.4 is 10.6 Å². The first-order valence-electron chi connectivity index (χ1n) is 6.40. The molecule has 1 aliphatic carbocycles. The summed E-state index contributed by atoms with van der Waals surface area (Å²) in [5, 5.41) is 14.3. The molecule has 0 radical (unpaired) electrons. The highest BCUT2D eigenvalue weighted by Crippen LogP contribution is 2.21. The normalized spacial score (nSPS) is 23.9. The molecule has 0 aliphatic heterocycles. The molecule has 0 aromatic rings. The van der Waals surface area contributed by atoms with Crippen molar-refractivity contribution in [3.63, 3.8) is 0 Å². The van der Waals surface area contributed by atoms with Gasteiger partial charge >= 0.3 is 12.0 Å². The summed E-state index contributed by atoms with van der Waals surface area (Å²) >= 11 is 1.56. The fraction of sp³-hybridized carbons (Fsp3) is 0.833. The molecule has 1 saturated carbocycles. The van der Waals surface area contributed by atoms with Gasteiger partial charge in [-0.3, -0.25) is 0 Å². The van der Waals surface area contributed by atoms with Crippen molar-refractivity contribution >= 4 is 23.8 Å². The molecule has 3 N–H and O–H groups in total. The van der Waals surface area contributed by atoms with Gasteiger partial charge in [-0.05, 0) is 37.7 Å². The highest BCUT2D eigenvalue weighted by molar-refractivity contribution is 7.98. The maximum Gasteiger partial charge on any atom is 0.326 e. The molecule has 2 amide bonds. The number of aliphatic carboxylic acids is 1. The summed E-state index contributed by atoms with van der Waals surface area (Å²) in [4.78, 5) is 22.8. The molecule has 6 nitrogen and oxygen atoms in total. The van der Waals surface area contributed by atoms with Gasteiger partial charge < -0.3 is 20.5 Å². The molecule has 0 aromatic heterocycles. The first-order chi connectivity index (χ1) is 9.08. The van der Waals surface area contributed by atoms with Crippen molar-refractivity contribution in [3.8, 4) is 0 Å². The summed E-state index contributed by atoms with van der Waals surface area (Å²) in [6.07, 6.45) is 5.16. The summed E-state index contributed by atoms with van der Waals surface area (Å²) in [5.74, 6) is -0.305. The van der Waals surface area contributed by atoms with Gasteiger partial charge in [0.05, 0.1) is 12.1 Å². The fourth-order valence-electron chi connectivity index (χ4n) is 2.23. The summed E-state index contributed by atoms with van der Waals surface area (Å²) < 4.78 is 5.28. The average Bonchev–Trinajstić information content (AvgIpc) is 2.81. The van der Waals surface area contributed by atoms with Crippen LogP contribution in [-0.2, 0) is 9.53 Å². The number of methoxy groups -OCH3 is 1. The van der Waals surface area contributed by atoms with Crippen LogP contribution in [0.2, 0.25) is 0 Å². The van der Waals surface area contributed by atoms with Gasteiger partial charge in [0.15, 0.2) is 0 Å². The molecule has 3 atom stereocenters. The summed E-state index contributed by atoms with van der Waals surface area (Å²) in [7, 11) is 1.63. The number of hydrogen-bond donors (Lipinski definition) is 3. The number of carboxylic acids is 1. The van der Waals surface area contributed by atoms with E-state index in [1.54, 1.807) is 18.9 Å². The van der Waals surface area contributed by atoms with E-state index in [2.05, 4.69) is 10.6 Å². The van der Waals surface area contributed by atoms with Crippen LogP contribution in [0.15, 0.2) is 0 Å². The topological polar surface area (TPSA) is 87.7 Å². The van der Waals surface area contributed by atoms with E-state index < -0.39 is 18.0 Å². The third-order valence-electron chi connectivity index (χ3n) is 3.29. The number of amides is 2.